The smallest absolute Gasteiger partial charge is 0.203 e. The molecular weight excluding hydrogens is 266 g/mol. The van der Waals surface area contributed by atoms with Crippen LogP contribution in [0, 0.1) is 0 Å². The summed E-state index contributed by atoms with van der Waals surface area (Å²) >= 11 is 0. The van der Waals surface area contributed by atoms with E-state index >= 15 is 0 Å². The molecule has 4 atom stereocenters. The van der Waals surface area contributed by atoms with E-state index in [1.807, 2.05) is 6.92 Å². The summed E-state index contributed by atoms with van der Waals surface area (Å²) in [6.07, 6.45) is -0.617. The summed E-state index contributed by atoms with van der Waals surface area (Å²) in [7, 11) is 0. The molecule has 0 radical (unpaired) electrons. The number of nitrogens with zero attached hydrogens (tertiary/aromatic N) is 4. The van der Waals surface area contributed by atoms with E-state index in [0.717, 1.165) is 0 Å². The first-order chi connectivity index (χ1) is 9.61. The molecule has 1 saturated heterocycles. The summed E-state index contributed by atoms with van der Waals surface area (Å²) in [6.45, 7) is 1.85. The van der Waals surface area contributed by atoms with Gasteiger partial charge < -0.3 is 25.4 Å². The second-order valence-corrected chi connectivity index (χ2v) is 4.47. The number of hydrogen-bond acceptors (Lipinski definition) is 8. The molecule has 9 nitrogen and oxygen atoms in total. The van der Waals surface area contributed by atoms with Gasteiger partial charge in [-0.05, 0) is 6.42 Å². The van der Waals surface area contributed by atoms with Crippen molar-refractivity contribution in [2.24, 2.45) is 0 Å². The molecule has 0 amide bonds. The molecule has 0 aromatic carbocycles. The van der Waals surface area contributed by atoms with Crippen LogP contribution in [0.25, 0.3) is 11.2 Å². The second kappa shape index (κ2) is 4.94. The summed E-state index contributed by atoms with van der Waals surface area (Å²) in [4.78, 5) is 12.0. The average Bonchev–Trinajstić information content (AvgIpc) is 2.84. The lowest BCUT2D eigenvalue weighted by atomic mass is 10.2. The highest BCUT2D eigenvalue weighted by Gasteiger charge is 2.38. The molecule has 1 aliphatic heterocycles. The number of fused-ring (bicyclic) bond motifs is 1. The van der Waals surface area contributed by atoms with E-state index in [1.54, 1.807) is 0 Å². The number of aliphatic hydroxyl groups excluding tert-OH is 2. The molecule has 0 saturated carbocycles. The Morgan fingerprint density at radius 2 is 2.05 bits per heavy atom. The van der Waals surface area contributed by atoms with E-state index in [9.17, 15) is 10.2 Å². The molecule has 2 aromatic rings. The van der Waals surface area contributed by atoms with Gasteiger partial charge in [-0.25, -0.2) is 15.0 Å². The lowest BCUT2D eigenvalue weighted by Gasteiger charge is -2.37. The molecule has 0 spiro atoms. The molecule has 3 rings (SSSR count). The number of nitrogens with two attached hydrogens (primary N) is 1. The third-order valence-electron chi connectivity index (χ3n) is 3.22. The Morgan fingerprint density at radius 3 is 2.80 bits per heavy atom. The fraction of sp³-hybridized carbons (Fsp3) is 0.545. The first-order valence-corrected chi connectivity index (χ1v) is 6.22. The van der Waals surface area contributed by atoms with Crippen LogP contribution < -0.4 is 5.73 Å². The van der Waals surface area contributed by atoms with Crippen LogP contribution in [0.2, 0.25) is 0 Å². The zero-order chi connectivity index (χ0) is 14.3. The Balaban J connectivity index is 2.00. The molecule has 1 aliphatic rings. The van der Waals surface area contributed by atoms with Gasteiger partial charge in [0.15, 0.2) is 24.0 Å². The van der Waals surface area contributed by atoms with Crippen molar-refractivity contribution in [1.29, 1.82) is 0 Å². The molecule has 1 fully saturated rings. The summed E-state index contributed by atoms with van der Waals surface area (Å²) in [5.41, 5.74) is 6.55. The lowest BCUT2D eigenvalue weighted by Crippen LogP contribution is -2.46. The minimum atomic E-state index is -1.33. The topological polar surface area (TPSA) is 129 Å². The Morgan fingerprint density at radius 1 is 1.25 bits per heavy atom. The van der Waals surface area contributed by atoms with Gasteiger partial charge in [-0.15, -0.1) is 0 Å². The standard InChI is InChI=1S/C11H15N5O4/c1-2-5-10(17)20-11(18)9(19-5)16-4-15-6-7(12)13-3-14-8(6)16/h3-5,9-11,17-18H,2H2,1H3,(H2,12,13,14)/t5-,9-,10?,11?/m1/s1. The predicted octanol–water partition coefficient (Wildman–Crippen LogP) is -0.631. The minimum Gasteiger partial charge on any atom is -0.382 e. The van der Waals surface area contributed by atoms with Crippen LogP contribution in [-0.2, 0) is 9.47 Å². The van der Waals surface area contributed by atoms with E-state index in [2.05, 4.69) is 15.0 Å². The van der Waals surface area contributed by atoms with Crippen LogP contribution in [0.4, 0.5) is 5.82 Å². The van der Waals surface area contributed by atoms with E-state index in [-0.39, 0.29) is 5.82 Å². The normalized spacial score (nSPS) is 30.8. The van der Waals surface area contributed by atoms with Gasteiger partial charge in [-0.1, -0.05) is 6.92 Å². The third kappa shape index (κ3) is 2.00. The zero-order valence-corrected chi connectivity index (χ0v) is 10.7. The Labute approximate surface area is 114 Å². The average molecular weight is 281 g/mol. The maximum absolute atomic E-state index is 9.92. The van der Waals surface area contributed by atoms with Crippen LogP contribution >= 0.6 is 0 Å². The van der Waals surface area contributed by atoms with Crippen molar-refractivity contribution >= 4 is 17.0 Å². The Kier molecular flexibility index (Phi) is 3.26. The van der Waals surface area contributed by atoms with Crippen molar-refractivity contribution in [3.8, 4) is 0 Å². The summed E-state index contributed by atoms with van der Waals surface area (Å²) in [5, 5.41) is 19.6. The van der Waals surface area contributed by atoms with Gasteiger partial charge in [-0.2, -0.15) is 0 Å². The first kappa shape index (κ1) is 13.2. The van der Waals surface area contributed by atoms with Gasteiger partial charge in [0.1, 0.15) is 17.9 Å². The summed E-state index contributed by atoms with van der Waals surface area (Å²) in [6, 6.07) is 0. The lowest BCUT2D eigenvalue weighted by molar-refractivity contribution is -0.351. The van der Waals surface area contributed by atoms with E-state index in [0.29, 0.717) is 17.6 Å². The SMILES string of the molecule is CC[C@H]1O[C@@H](n2cnc3c(N)ncnc32)C(O)OC1O. The highest BCUT2D eigenvalue weighted by Crippen LogP contribution is 2.29. The Hall–Kier alpha value is -1.81. The molecular formula is C11H15N5O4. The summed E-state index contributed by atoms with van der Waals surface area (Å²) in [5.74, 6) is 0.243. The molecule has 9 heteroatoms. The quantitative estimate of drug-likeness (QED) is 0.663. The Bertz CT molecular complexity index is 618. The molecule has 2 unspecified atom stereocenters. The molecule has 4 N–H and O–H groups in total. The fourth-order valence-corrected chi connectivity index (χ4v) is 2.17. The maximum Gasteiger partial charge on any atom is 0.203 e. The van der Waals surface area contributed by atoms with Crippen LogP contribution in [0.1, 0.15) is 19.6 Å². The number of aliphatic hydroxyl groups is 2. The molecule has 3 heterocycles. The van der Waals surface area contributed by atoms with Gasteiger partial charge in [0.05, 0.1) is 6.33 Å². The molecule has 20 heavy (non-hydrogen) atoms. The predicted molar refractivity (Wildman–Crippen MR) is 67.0 cm³/mol. The van der Waals surface area contributed by atoms with Crippen LogP contribution in [0.3, 0.4) is 0 Å². The fourth-order valence-electron chi connectivity index (χ4n) is 2.17. The number of nitrogen functional groups attached to an aromatic ring is 1. The maximum atomic E-state index is 9.92. The van der Waals surface area contributed by atoms with Crippen LogP contribution in [0.15, 0.2) is 12.7 Å². The van der Waals surface area contributed by atoms with Crippen molar-refractivity contribution in [2.75, 3.05) is 5.73 Å². The van der Waals surface area contributed by atoms with Crippen molar-refractivity contribution in [1.82, 2.24) is 19.5 Å². The summed E-state index contributed by atoms with van der Waals surface area (Å²) < 4.78 is 12.2. The number of imidazole rings is 1. The highest BCUT2D eigenvalue weighted by atomic mass is 16.7. The van der Waals surface area contributed by atoms with Gasteiger partial charge in [-0.3, -0.25) is 4.57 Å². The van der Waals surface area contributed by atoms with Crippen LogP contribution in [-0.4, -0.2) is 48.4 Å². The molecule has 108 valence electrons. The van der Waals surface area contributed by atoms with Gasteiger partial charge in [0, 0.05) is 0 Å². The molecule has 2 aromatic heterocycles. The van der Waals surface area contributed by atoms with Crippen LogP contribution in [0.5, 0.6) is 0 Å². The van der Waals surface area contributed by atoms with E-state index in [1.165, 1.54) is 17.2 Å². The number of hydrogen-bond donors (Lipinski definition) is 3. The number of ether oxygens (including phenoxy) is 2. The van der Waals surface area contributed by atoms with Gasteiger partial charge >= 0.3 is 0 Å². The van der Waals surface area contributed by atoms with Crippen molar-refractivity contribution in [3.05, 3.63) is 12.7 Å². The van der Waals surface area contributed by atoms with Gasteiger partial charge in [0.2, 0.25) is 6.29 Å². The van der Waals surface area contributed by atoms with Gasteiger partial charge in [0.25, 0.3) is 0 Å². The number of anilines is 1. The highest BCUT2D eigenvalue weighted by molar-refractivity contribution is 5.81. The largest absolute Gasteiger partial charge is 0.382 e. The number of rotatable bonds is 2. The first-order valence-electron chi connectivity index (χ1n) is 6.22. The van der Waals surface area contributed by atoms with Crippen molar-refractivity contribution in [2.45, 2.75) is 38.3 Å². The van der Waals surface area contributed by atoms with E-state index in [4.69, 9.17) is 15.2 Å². The molecule has 0 aliphatic carbocycles. The van der Waals surface area contributed by atoms with Crippen molar-refractivity contribution in [3.63, 3.8) is 0 Å². The second-order valence-electron chi connectivity index (χ2n) is 4.47. The third-order valence-corrected chi connectivity index (χ3v) is 3.22. The minimum absolute atomic E-state index is 0.243. The number of aromatic nitrogens is 4. The molecule has 0 bridgehead atoms. The zero-order valence-electron chi connectivity index (χ0n) is 10.7. The van der Waals surface area contributed by atoms with Crippen molar-refractivity contribution < 1.29 is 19.7 Å². The monoisotopic (exact) mass is 281 g/mol. The van der Waals surface area contributed by atoms with E-state index < -0.39 is 24.9 Å².